The van der Waals surface area contributed by atoms with Gasteiger partial charge in [0.05, 0.1) is 23.2 Å². The lowest BCUT2D eigenvalue weighted by Gasteiger charge is -2.42. The van der Waals surface area contributed by atoms with Gasteiger partial charge in [0.25, 0.3) is 0 Å². The van der Waals surface area contributed by atoms with Gasteiger partial charge in [-0.15, -0.1) is 24.9 Å². The first-order valence-electron chi connectivity index (χ1n) is 12.7. The number of alkyl halides is 1. The zero-order valence-corrected chi connectivity index (χ0v) is 24.1. The van der Waals surface area contributed by atoms with E-state index in [2.05, 4.69) is 29.1 Å². The van der Waals surface area contributed by atoms with Crippen molar-refractivity contribution in [3.05, 3.63) is 55.6 Å². The zero-order chi connectivity index (χ0) is 27.1. The monoisotopic (exact) mass is 589 g/mol. The third-order valence-electron chi connectivity index (χ3n) is 7.68. The predicted molar refractivity (Wildman–Crippen MR) is 152 cm³/mol. The van der Waals surface area contributed by atoms with Crippen LogP contribution in [0.25, 0.3) is 0 Å². The molecule has 6 atom stereocenters. The van der Waals surface area contributed by atoms with E-state index in [1.165, 1.54) is 4.90 Å². The predicted octanol–water partition coefficient (Wildman–Crippen LogP) is 3.48. The average Bonchev–Trinajstić information content (AvgIpc) is 3.44. The highest BCUT2D eigenvalue weighted by atomic mass is 79.9. The van der Waals surface area contributed by atoms with Crippen molar-refractivity contribution < 1.29 is 19.5 Å². The molecule has 4 rings (SSSR count). The fourth-order valence-corrected chi connectivity index (χ4v) is 9.85. The summed E-state index contributed by atoms with van der Waals surface area (Å²) in [5.41, 5.74) is 0.252. The van der Waals surface area contributed by atoms with E-state index in [0.717, 1.165) is 5.69 Å². The minimum absolute atomic E-state index is 0.0243. The summed E-state index contributed by atoms with van der Waals surface area (Å²) in [5, 5.41) is 9.73. The standard InChI is InChI=1S/C28H36BrN3O4S/c1-6-13-30(18-11-9-8-10-12-18)24(34)20-21-25(35)31(15-16-33)23(28(21)17-19(29)22(20)37-28)26(36)32(14-7-2)27(3,4)5/h6-12,19-23,33H,1-2,13-17H2,3-5H3/t19?,20-,21-,22-,23?,28?/m0/s1. The molecule has 37 heavy (non-hydrogen) atoms. The number of hydrogen-bond acceptors (Lipinski definition) is 5. The Morgan fingerprint density at radius 2 is 1.84 bits per heavy atom. The summed E-state index contributed by atoms with van der Waals surface area (Å²) >= 11 is 5.41. The molecule has 3 unspecified atom stereocenters. The molecule has 3 aliphatic heterocycles. The van der Waals surface area contributed by atoms with Gasteiger partial charge < -0.3 is 19.8 Å². The summed E-state index contributed by atoms with van der Waals surface area (Å²) < 4.78 is -0.760. The van der Waals surface area contributed by atoms with Crippen molar-refractivity contribution in [2.45, 2.75) is 53.6 Å². The van der Waals surface area contributed by atoms with E-state index in [9.17, 15) is 19.5 Å². The van der Waals surface area contributed by atoms with E-state index in [0.29, 0.717) is 19.5 Å². The van der Waals surface area contributed by atoms with Crippen molar-refractivity contribution >= 4 is 51.1 Å². The van der Waals surface area contributed by atoms with Crippen LogP contribution in [0.3, 0.4) is 0 Å². The number of fused-ring (bicyclic) bond motifs is 1. The van der Waals surface area contributed by atoms with Gasteiger partial charge in [-0.25, -0.2) is 0 Å². The number of carbonyl (C=O) groups excluding carboxylic acids is 3. The van der Waals surface area contributed by atoms with E-state index in [1.807, 2.05) is 51.1 Å². The molecule has 1 spiro atoms. The van der Waals surface area contributed by atoms with Crippen LogP contribution in [0, 0.1) is 11.8 Å². The molecule has 3 fully saturated rings. The molecule has 0 saturated carbocycles. The highest BCUT2D eigenvalue weighted by Crippen LogP contribution is 2.68. The number of nitrogens with zero attached hydrogens (tertiary/aromatic N) is 3. The highest BCUT2D eigenvalue weighted by Gasteiger charge is 2.76. The number of benzene rings is 1. The van der Waals surface area contributed by atoms with Crippen molar-refractivity contribution in [2.75, 3.05) is 31.1 Å². The van der Waals surface area contributed by atoms with Crippen molar-refractivity contribution in [1.29, 1.82) is 0 Å². The molecule has 0 aliphatic carbocycles. The Hall–Kier alpha value is -2.10. The molecule has 2 bridgehead atoms. The third-order valence-corrected chi connectivity index (χ3v) is 10.9. The fraction of sp³-hybridized carbons (Fsp3) is 0.536. The molecule has 0 aromatic heterocycles. The van der Waals surface area contributed by atoms with Gasteiger partial charge in [-0.05, 0) is 39.3 Å². The van der Waals surface area contributed by atoms with E-state index >= 15 is 0 Å². The summed E-state index contributed by atoms with van der Waals surface area (Å²) in [6, 6.07) is 8.63. The largest absolute Gasteiger partial charge is 0.395 e. The van der Waals surface area contributed by atoms with Crippen LogP contribution in [0.15, 0.2) is 55.6 Å². The number of anilines is 1. The molecule has 1 N–H and O–H groups in total. The number of aliphatic hydroxyl groups is 1. The number of likely N-dealkylation sites (tertiary alicyclic amines) is 1. The fourth-order valence-electron chi connectivity index (χ4n) is 6.25. The number of carbonyl (C=O) groups is 3. The normalized spacial score (nSPS) is 30.2. The van der Waals surface area contributed by atoms with Crippen LogP contribution < -0.4 is 4.90 Å². The zero-order valence-electron chi connectivity index (χ0n) is 21.7. The van der Waals surface area contributed by atoms with Gasteiger partial charge in [-0.3, -0.25) is 14.4 Å². The van der Waals surface area contributed by atoms with Gasteiger partial charge in [0.15, 0.2) is 0 Å². The quantitative estimate of drug-likeness (QED) is 0.352. The maximum atomic E-state index is 14.2. The summed E-state index contributed by atoms with van der Waals surface area (Å²) in [4.78, 5) is 47.4. The van der Waals surface area contributed by atoms with Gasteiger partial charge >= 0.3 is 0 Å². The highest BCUT2D eigenvalue weighted by molar-refractivity contribution is 9.09. The van der Waals surface area contributed by atoms with Gasteiger partial charge in [0.1, 0.15) is 6.04 Å². The van der Waals surface area contributed by atoms with Gasteiger partial charge in [-0.1, -0.05) is 46.3 Å². The molecule has 1 aromatic carbocycles. The minimum atomic E-state index is -0.770. The van der Waals surface area contributed by atoms with Crippen LogP contribution in [0.2, 0.25) is 0 Å². The second kappa shape index (κ2) is 10.6. The number of β-amino-alcohol motifs (C(OH)–C–C–N with tert-alkyl or cyclic N) is 1. The first kappa shape index (κ1) is 27.9. The number of para-hydroxylation sites is 1. The van der Waals surface area contributed by atoms with Crippen molar-refractivity contribution in [3.8, 4) is 0 Å². The first-order valence-corrected chi connectivity index (χ1v) is 14.5. The summed E-state index contributed by atoms with van der Waals surface area (Å²) in [7, 11) is 0. The Morgan fingerprint density at radius 3 is 2.41 bits per heavy atom. The smallest absolute Gasteiger partial charge is 0.247 e. The van der Waals surface area contributed by atoms with Gasteiger partial charge in [-0.2, -0.15) is 0 Å². The second-order valence-corrected chi connectivity index (χ2v) is 13.6. The number of thioether (sulfide) groups is 1. The Morgan fingerprint density at radius 1 is 1.19 bits per heavy atom. The third kappa shape index (κ3) is 4.57. The summed E-state index contributed by atoms with van der Waals surface area (Å²) in [5.74, 6) is -1.77. The van der Waals surface area contributed by atoms with Crippen LogP contribution in [-0.4, -0.2) is 85.3 Å². The van der Waals surface area contributed by atoms with Gasteiger partial charge in [0, 0.05) is 40.9 Å². The lowest BCUT2D eigenvalue weighted by molar-refractivity contribution is -0.145. The lowest BCUT2D eigenvalue weighted by Crippen LogP contribution is -2.59. The van der Waals surface area contributed by atoms with Crippen LogP contribution in [0.4, 0.5) is 5.69 Å². The number of rotatable bonds is 9. The van der Waals surface area contributed by atoms with Crippen molar-refractivity contribution in [1.82, 2.24) is 9.80 Å². The molecule has 9 heteroatoms. The second-order valence-electron chi connectivity index (χ2n) is 10.9. The van der Waals surface area contributed by atoms with E-state index in [4.69, 9.17) is 0 Å². The number of aliphatic hydroxyl groups excluding tert-OH is 1. The molecular formula is C28H36BrN3O4S. The molecule has 0 radical (unpaired) electrons. The number of halogens is 1. The maximum absolute atomic E-state index is 14.2. The molecule has 3 aliphatic rings. The number of amides is 3. The summed E-state index contributed by atoms with van der Waals surface area (Å²) in [6.45, 7) is 14.0. The molecule has 200 valence electrons. The molecule has 3 saturated heterocycles. The Kier molecular flexibility index (Phi) is 7.98. The van der Waals surface area contributed by atoms with Crippen molar-refractivity contribution in [3.63, 3.8) is 0 Å². The van der Waals surface area contributed by atoms with Gasteiger partial charge in [0.2, 0.25) is 17.7 Å². The molecule has 1 aromatic rings. The molecular weight excluding hydrogens is 554 g/mol. The van der Waals surface area contributed by atoms with Crippen LogP contribution in [0.1, 0.15) is 27.2 Å². The lowest BCUT2D eigenvalue weighted by atomic mass is 9.70. The molecule has 3 heterocycles. The Labute approximate surface area is 232 Å². The molecule has 3 amide bonds. The summed E-state index contributed by atoms with van der Waals surface area (Å²) in [6.07, 6.45) is 3.97. The van der Waals surface area contributed by atoms with Crippen LogP contribution in [0.5, 0.6) is 0 Å². The van der Waals surface area contributed by atoms with E-state index in [-0.39, 0.29) is 41.0 Å². The maximum Gasteiger partial charge on any atom is 0.247 e. The van der Waals surface area contributed by atoms with Crippen molar-refractivity contribution in [2.24, 2.45) is 11.8 Å². The van der Waals surface area contributed by atoms with Crippen LogP contribution >= 0.6 is 27.7 Å². The first-order chi connectivity index (χ1) is 17.5. The Bertz CT molecular complexity index is 1080. The van der Waals surface area contributed by atoms with E-state index in [1.54, 1.807) is 33.7 Å². The average molecular weight is 591 g/mol. The SMILES string of the molecule is C=CCN(C(=O)[C@H]1[C@H]2C(=O)N(CCO)C(C(=O)N(CC=C)C(C)(C)C)C23CC(Br)[C@@H]1S3)c1ccccc1. The number of hydrogen-bond donors (Lipinski definition) is 1. The topological polar surface area (TPSA) is 81.2 Å². The van der Waals surface area contributed by atoms with Crippen LogP contribution in [-0.2, 0) is 14.4 Å². The Balaban J connectivity index is 1.79. The van der Waals surface area contributed by atoms with E-state index < -0.39 is 28.2 Å². The minimum Gasteiger partial charge on any atom is -0.395 e. The molecule has 7 nitrogen and oxygen atoms in total.